The summed E-state index contributed by atoms with van der Waals surface area (Å²) in [6.07, 6.45) is 0. The number of hydrogen-bond donors (Lipinski definition) is 0. The summed E-state index contributed by atoms with van der Waals surface area (Å²) in [4.78, 5) is 4.81. The van der Waals surface area contributed by atoms with Crippen molar-refractivity contribution in [3.63, 3.8) is 0 Å². The van der Waals surface area contributed by atoms with Crippen molar-refractivity contribution in [2.24, 2.45) is 0 Å². The Labute approximate surface area is 425 Å². The molecule has 3 heteroatoms. The molecule has 1 heterocycles. The van der Waals surface area contributed by atoms with Gasteiger partial charge in [0, 0.05) is 50.3 Å². The largest absolute Gasteiger partial charge is 0.310 e. The number of anilines is 6. The zero-order chi connectivity index (χ0) is 49.4. The molecule has 11 aromatic carbocycles. The van der Waals surface area contributed by atoms with Gasteiger partial charge >= 0.3 is 0 Å². The smallest absolute Gasteiger partial charge is 0.0541 e. The van der Waals surface area contributed by atoms with E-state index < -0.39 is 0 Å². The van der Waals surface area contributed by atoms with E-state index in [1.807, 2.05) is 13.8 Å². The highest BCUT2D eigenvalue weighted by Gasteiger charge is 2.22. The predicted octanol–water partition coefficient (Wildman–Crippen LogP) is 19.8. The van der Waals surface area contributed by atoms with Gasteiger partial charge in [0.25, 0.3) is 0 Å². The summed E-state index contributed by atoms with van der Waals surface area (Å²) >= 11 is 0. The maximum absolute atomic E-state index is 2.41. The Bertz CT molecular complexity index is 3730. The molecule has 3 nitrogen and oxygen atoms in total. The van der Waals surface area contributed by atoms with Gasteiger partial charge < -0.3 is 14.4 Å². The van der Waals surface area contributed by atoms with Gasteiger partial charge in [-0.25, -0.2) is 0 Å². The Morgan fingerprint density at radius 2 is 0.736 bits per heavy atom. The first-order chi connectivity index (χ1) is 35.5. The fourth-order valence-corrected chi connectivity index (χ4v) is 9.79. The first-order valence-corrected chi connectivity index (χ1v) is 25.1. The molecule has 0 bridgehead atoms. The van der Waals surface area contributed by atoms with Crippen LogP contribution in [0, 0.1) is 20.8 Å². The van der Waals surface area contributed by atoms with Crippen LogP contribution in [0.4, 0.5) is 34.1 Å². The van der Waals surface area contributed by atoms with Crippen LogP contribution in [-0.4, -0.2) is 4.57 Å². The molecule has 0 radical (unpaired) electrons. The minimum absolute atomic E-state index is 1.06. The summed E-state index contributed by atoms with van der Waals surface area (Å²) in [6.45, 7) is 10.4. The maximum atomic E-state index is 2.41. The molecule has 0 aliphatic rings. The van der Waals surface area contributed by atoms with Crippen LogP contribution < -0.4 is 9.80 Å². The number of fused-ring (bicyclic) bond motifs is 4. The topological polar surface area (TPSA) is 11.4 Å². The fraction of sp³-hybridized carbons (Fsp3) is 0.0725. The Morgan fingerprint density at radius 3 is 1.38 bits per heavy atom. The Hall–Kier alpha value is -8.92. The maximum Gasteiger partial charge on any atom is 0.0541 e. The van der Waals surface area contributed by atoms with Crippen LogP contribution in [0.5, 0.6) is 0 Å². The van der Waals surface area contributed by atoms with Crippen molar-refractivity contribution in [1.82, 2.24) is 4.57 Å². The van der Waals surface area contributed by atoms with E-state index >= 15 is 0 Å². The average Bonchev–Trinajstić information content (AvgIpc) is 3.78. The van der Waals surface area contributed by atoms with Gasteiger partial charge in [-0.15, -0.1) is 0 Å². The van der Waals surface area contributed by atoms with Gasteiger partial charge in [0.15, 0.2) is 0 Å². The second-order valence-electron chi connectivity index (χ2n) is 17.9. The van der Waals surface area contributed by atoms with E-state index in [9.17, 15) is 0 Å². The van der Waals surface area contributed by atoms with E-state index in [0.717, 1.165) is 50.9 Å². The number of hydrogen-bond acceptors (Lipinski definition) is 2. The first-order valence-electron chi connectivity index (χ1n) is 25.1. The van der Waals surface area contributed by atoms with E-state index in [2.05, 4.69) is 302 Å². The zero-order valence-corrected chi connectivity index (χ0v) is 41.7. The van der Waals surface area contributed by atoms with Gasteiger partial charge in [-0.3, -0.25) is 0 Å². The number of para-hydroxylation sites is 5. The summed E-state index contributed by atoms with van der Waals surface area (Å²) in [6, 6.07) is 96.2. The van der Waals surface area contributed by atoms with E-state index in [-0.39, 0.29) is 0 Å². The number of aryl methyl sites for hydroxylation is 3. The third-order valence-electron chi connectivity index (χ3n) is 13.5. The number of rotatable bonds is 9. The van der Waals surface area contributed by atoms with Crippen LogP contribution in [0.1, 0.15) is 30.5 Å². The summed E-state index contributed by atoms with van der Waals surface area (Å²) in [5.74, 6) is 0. The molecule has 12 rings (SSSR count). The molecule has 350 valence electrons. The highest BCUT2D eigenvalue weighted by Crippen LogP contribution is 2.46. The van der Waals surface area contributed by atoms with Gasteiger partial charge in [0.2, 0.25) is 0 Å². The normalized spacial score (nSPS) is 10.8. The Balaban J connectivity index is 0.000000540. The lowest BCUT2D eigenvalue weighted by Gasteiger charge is -2.31. The third-order valence-corrected chi connectivity index (χ3v) is 13.5. The van der Waals surface area contributed by atoms with E-state index in [4.69, 9.17) is 0 Å². The van der Waals surface area contributed by atoms with Gasteiger partial charge in [-0.1, -0.05) is 190 Å². The van der Waals surface area contributed by atoms with Crippen molar-refractivity contribution in [3.05, 3.63) is 284 Å². The molecule has 0 unspecified atom stereocenters. The molecular weight excluding hydrogens is 871 g/mol. The van der Waals surface area contributed by atoms with Crippen molar-refractivity contribution in [1.29, 1.82) is 0 Å². The summed E-state index contributed by atoms with van der Waals surface area (Å²) in [5.41, 5.74) is 18.7. The molecule has 0 atom stereocenters. The molecule has 1 aromatic heterocycles. The monoisotopic (exact) mass is 929 g/mol. The molecule has 0 spiro atoms. The van der Waals surface area contributed by atoms with Crippen molar-refractivity contribution in [3.8, 4) is 27.9 Å². The second kappa shape index (κ2) is 21.4. The van der Waals surface area contributed by atoms with Crippen LogP contribution in [0.15, 0.2) is 267 Å². The van der Waals surface area contributed by atoms with Crippen molar-refractivity contribution < 1.29 is 0 Å². The van der Waals surface area contributed by atoms with Crippen LogP contribution in [0.2, 0.25) is 0 Å². The number of benzene rings is 11. The minimum Gasteiger partial charge on any atom is -0.310 e. The molecular formula is C69H59N3. The standard InChI is InChI=1S/C59H43N3.C8H10.C2H6/c1-42-19-11-15-32-56(42)60(48-24-5-2-6-25-48)51-38-47(39-52(41-51)61(49-26-7-3-8-27-49)57-34-18-21-43-20-12-13-30-53(43)57)45-23-17-22-44(37-45)46-35-36-59-55(40-46)54-31-14-16-33-58(54)62(59)50-28-9-4-10-29-50;1-7-5-3-4-6-8(7)2;1-2/h2-41H,1H3;3-6H,1-2H3;1-2H3. The molecule has 0 saturated carbocycles. The third kappa shape index (κ3) is 9.53. The molecule has 72 heavy (non-hydrogen) atoms. The lowest BCUT2D eigenvalue weighted by molar-refractivity contribution is 1.18. The Morgan fingerprint density at radius 1 is 0.278 bits per heavy atom. The summed E-state index contributed by atoms with van der Waals surface area (Å²) in [5, 5.41) is 4.87. The average molecular weight is 930 g/mol. The van der Waals surface area contributed by atoms with Gasteiger partial charge in [-0.05, 0) is 156 Å². The SMILES string of the molecule is CC.Cc1ccccc1C.Cc1ccccc1N(c1ccccc1)c1cc(-c2cccc(-c3ccc4c(c3)c3ccccc3n4-c3ccccc3)c2)cc(N(c2ccccc2)c2cccc3ccccc23)c1. The predicted molar refractivity (Wildman–Crippen MR) is 311 cm³/mol. The molecule has 0 aliphatic carbocycles. The highest BCUT2D eigenvalue weighted by molar-refractivity contribution is 6.10. The summed E-state index contributed by atoms with van der Waals surface area (Å²) < 4.78 is 2.37. The van der Waals surface area contributed by atoms with E-state index in [0.29, 0.717) is 0 Å². The first kappa shape index (κ1) is 46.8. The van der Waals surface area contributed by atoms with Crippen molar-refractivity contribution in [2.75, 3.05) is 9.80 Å². The van der Waals surface area contributed by atoms with Crippen LogP contribution in [0.3, 0.4) is 0 Å². The van der Waals surface area contributed by atoms with Crippen molar-refractivity contribution >= 4 is 66.7 Å². The summed E-state index contributed by atoms with van der Waals surface area (Å²) in [7, 11) is 0. The molecule has 0 aliphatic heterocycles. The quantitative estimate of drug-likeness (QED) is 0.143. The second-order valence-corrected chi connectivity index (χ2v) is 17.9. The van der Waals surface area contributed by atoms with Gasteiger partial charge in [0.05, 0.1) is 16.7 Å². The van der Waals surface area contributed by atoms with Crippen LogP contribution in [-0.2, 0) is 0 Å². The van der Waals surface area contributed by atoms with Crippen LogP contribution in [0.25, 0.3) is 60.5 Å². The van der Waals surface area contributed by atoms with Gasteiger partial charge in [-0.2, -0.15) is 0 Å². The Kier molecular flexibility index (Phi) is 13.9. The van der Waals surface area contributed by atoms with Crippen molar-refractivity contribution in [2.45, 2.75) is 34.6 Å². The number of nitrogens with zero attached hydrogens (tertiary/aromatic N) is 3. The lowest BCUT2D eigenvalue weighted by Crippen LogP contribution is -2.14. The fourth-order valence-electron chi connectivity index (χ4n) is 9.79. The molecule has 0 saturated heterocycles. The molecule has 0 N–H and O–H groups in total. The molecule has 0 amide bonds. The molecule has 12 aromatic rings. The minimum atomic E-state index is 1.06. The highest BCUT2D eigenvalue weighted by atomic mass is 15.2. The zero-order valence-electron chi connectivity index (χ0n) is 41.7. The van der Waals surface area contributed by atoms with Gasteiger partial charge in [0.1, 0.15) is 0 Å². The number of aromatic nitrogens is 1. The molecule has 0 fully saturated rings. The lowest BCUT2D eigenvalue weighted by atomic mass is 9.96. The van der Waals surface area contributed by atoms with Crippen LogP contribution >= 0.6 is 0 Å². The van der Waals surface area contributed by atoms with E-state index in [1.54, 1.807) is 0 Å². The van der Waals surface area contributed by atoms with E-state index in [1.165, 1.54) is 60.4 Å².